The van der Waals surface area contributed by atoms with Gasteiger partial charge in [-0.15, -0.1) is 0 Å². The molecule has 1 aliphatic heterocycles. The average Bonchev–Trinajstić information content (AvgIpc) is 2.08. The Morgan fingerprint density at radius 3 is 1.42 bits per heavy atom. The highest BCUT2D eigenvalue weighted by molar-refractivity contribution is 6.19. The van der Waals surface area contributed by atoms with E-state index < -0.39 is 0 Å². The summed E-state index contributed by atoms with van der Waals surface area (Å²) in [5.74, 6) is 0. The Kier molecular flexibility index (Phi) is 3.76. The third-order valence-corrected chi connectivity index (χ3v) is 2.14. The molecular weight excluding hydrogens is 153 g/mol. The molecule has 0 spiro atoms. The van der Waals surface area contributed by atoms with Gasteiger partial charge in [0, 0.05) is 6.92 Å². The molecule has 1 rings (SSSR count). The molecule has 0 aliphatic carbocycles. The molecule has 0 atom stereocenters. The van der Waals surface area contributed by atoms with Crippen LogP contribution < -0.4 is 0 Å². The van der Waals surface area contributed by atoms with Gasteiger partial charge in [-0.3, -0.25) is 0 Å². The van der Waals surface area contributed by atoms with Crippen LogP contribution in [0.5, 0.6) is 0 Å². The van der Waals surface area contributed by atoms with E-state index in [1.165, 1.54) is 14.6 Å². The van der Waals surface area contributed by atoms with Crippen molar-refractivity contribution in [1.29, 1.82) is 5.26 Å². The molecule has 0 aromatic heterocycles. The van der Waals surface area contributed by atoms with Gasteiger partial charge in [0.25, 0.3) is 0 Å². The molecule has 0 amide bonds. The molecule has 0 saturated carbocycles. The third-order valence-electron chi connectivity index (χ3n) is 2.14. The van der Waals surface area contributed by atoms with E-state index in [-0.39, 0.29) is 11.2 Å². The van der Waals surface area contributed by atoms with Crippen LogP contribution in [0.3, 0.4) is 0 Å². The zero-order chi connectivity index (χ0) is 9.83. The molecule has 0 N–H and O–H groups in total. The molecule has 3 nitrogen and oxygen atoms in total. The first-order chi connectivity index (χ1) is 5.37. The van der Waals surface area contributed by atoms with E-state index in [9.17, 15) is 0 Å². The second kappa shape index (κ2) is 3.93. The summed E-state index contributed by atoms with van der Waals surface area (Å²) in [6, 6.07) is 1.75. The van der Waals surface area contributed by atoms with Gasteiger partial charge in [0.1, 0.15) is 0 Å². The largest absolute Gasteiger partial charge is 0.488 e. The second-order valence-corrected chi connectivity index (χ2v) is 3.58. The Labute approximate surface area is 75.0 Å². The zero-order valence-corrected chi connectivity index (χ0v) is 8.34. The van der Waals surface area contributed by atoms with Gasteiger partial charge in [0.2, 0.25) is 0 Å². The van der Waals surface area contributed by atoms with Gasteiger partial charge in [-0.1, -0.05) is 0 Å². The van der Waals surface area contributed by atoms with Crippen molar-refractivity contribution in [3.63, 3.8) is 0 Å². The van der Waals surface area contributed by atoms with Crippen molar-refractivity contribution in [2.75, 3.05) is 0 Å². The molecule has 1 heterocycles. The summed E-state index contributed by atoms with van der Waals surface area (Å²) in [5.41, 5.74) is -0.375. The molecule has 0 unspecified atom stereocenters. The standard InChI is InChI=1S/C6H12BO2.C2H3N/c1-5(2)6(3,4)9-7-8-5;1-2-3/h1-4H3;1H3. The van der Waals surface area contributed by atoms with Gasteiger partial charge in [-0.2, -0.15) is 5.26 Å². The Balaban J connectivity index is 0.000000354. The van der Waals surface area contributed by atoms with Gasteiger partial charge < -0.3 is 9.31 Å². The molecule has 4 heteroatoms. The summed E-state index contributed by atoms with van der Waals surface area (Å²) in [6.45, 7) is 9.47. The predicted octanol–water partition coefficient (Wildman–Crippen LogP) is 1.65. The summed E-state index contributed by atoms with van der Waals surface area (Å²) < 4.78 is 10.4. The van der Waals surface area contributed by atoms with Crippen molar-refractivity contribution in [2.24, 2.45) is 0 Å². The minimum Gasteiger partial charge on any atom is -0.405 e. The van der Waals surface area contributed by atoms with E-state index in [1.807, 2.05) is 27.7 Å². The van der Waals surface area contributed by atoms with E-state index in [0.29, 0.717) is 0 Å². The third kappa shape index (κ3) is 2.51. The van der Waals surface area contributed by atoms with E-state index in [1.54, 1.807) is 6.07 Å². The Hall–Kier alpha value is -0.525. The first kappa shape index (κ1) is 11.5. The van der Waals surface area contributed by atoms with Crippen molar-refractivity contribution in [2.45, 2.75) is 45.8 Å². The van der Waals surface area contributed by atoms with Gasteiger partial charge in [-0.05, 0) is 27.7 Å². The molecule has 0 bridgehead atoms. The number of nitrogens with zero attached hydrogens (tertiary/aromatic N) is 1. The first-order valence-electron chi connectivity index (χ1n) is 3.85. The Bertz CT molecular complexity index is 170. The van der Waals surface area contributed by atoms with Crippen molar-refractivity contribution in [1.82, 2.24) is 0 Å². The molecule has 1 saturated heterocycles. The van der Waals surface area contributed by atoms with Crippen molar-refractivity contribution < 1.29 is 9.31 Å². The lowest BCUT2D eigenvalue weighted by molar-refractivity contribution is 0.00578. The number of rotatable bonds is 0. The maximum absolute atomic E-state index is 7.32. The lowest BCUT2D eigenvalue weighted by Crippen LogP contribution is -2.41. The van der Waals surface area contributed by atoms with Crippen LogP contribution in [0.15, 0.2) is 0 Å². The average molecular weight is 168 g/mol. The topological polar surface area (TPSA) is 42.2 Å². The molecule has 12 heavy (non-hydrogen) atoms. The van der Waals surface area contributed by atoms with Crippen LogP contribution in [-0.4, -0.2) is 18.9 Å². The summed E-state index contributed by atoms with van der Waals surface area (Å²) >= 11 is 0. The molecule has 0 aromatic rings. The van der Waals surface area contributed by atoms with Crippen molar-refractivity contribution in [3.05, 3.63) is 0 Å². The van der Waals surface area contributed by atoms with Gasteiger partial charge in [-0.25, -0.2) is 0 Å². The summed E-state index contributed by atoms with van der Waals surface area (Å²) in [5, 5.41) is 7.32. The number of hydrogen-bond donors (Lipinski definition) is 0. The predicted molar refractivity (Wildman–Crippen MR) is 47.4 cm³/mol. The second-order valence-electron chi connectivity index (χ2n) is 3.58. The normalized spacial score (nSPS) is 23.0. The minimum absolute atomic E-state index is 0.187. The SMILES string of the molecule is CC#N.CC1(C)O[B]OC1(C)C. The van der Waals surface area contributed by atoms with E-state index in [4.69, 9.17) is 14.6 Å². The van der Waals surface area contributed by atoms with Crippen LogP contribution in [0, 0.1) is 11.3 Å². The number of nitriles is 1. The van der Waals surface area contributed by atoms with Gasteiger partial charge in [0.05, 0.1) is 17.3 Å². The highest BCUT2D eigenvalue weighted by atomic mass is 16.7. The molecular formula is C8H15BNO2. The van der Waals surface area contributed by atoms with Crippen LogP contribution in [0.1, 0.15) is 34.6 Å². The fourth-order valence-corrected chi connectivity index (χ4v) is 0.548. The lowest BCUT2D eigenvalue weighted by atomic mass is 9.90. The van der Waals surface area contributed by atoms with Gasteiger partial charge >= 0.3 is 7.69 Å². The number of hydrogen-bond acceptors (Lipinski definition) is 3. The smallest absolute Gasteiger partial charge is 0.405 e. The maximum Gasteiger partial charge on any atom is 0.488 e. The zero-order valence-electron chi connectivity index (χ0n) is 8.34. The Morgan fingerprint density at radius 1 is 1.08 bits per heavy atom. The monoisotopic (exact) mass is 168 g/mol. The fourth-order valence-electron chi connectivity index (χ4n) is 0.548. The van der Waals surface area contributed by atoms with E-state index >= 15 is 0 Å². The Morgan fingerprint density at radius 2 is 1.33 bits per heavy atom. The highest BCUT2D eigenvalue weighted by Crippen LogP contribution is 2.33. The van der Waals surface area contributed by atoms with E-state index in [2.05, 4.69) is 0 Å². The van der Waals surface area contributed by atoms with Crippen molar-refractivity contribution >= 4 is 7.69 Å². The molecule has 1 aliphatic rings. The fraction of sp³-hybridized carbons (Fsp3) is 0.875. The molecule has 1 fully saturated rings. The maximum atomic E-state index is 7.32. The van der Waals surface area contributed by atoms with Crippen molar-refractivity contribution in [3.8, 4) is 6.07 Å². The summed E-state index contributed by atoms with van der Waals surface area (Å²) in [7, 11) is 1.42. The molecule has 0 aromatic carbocycles. The van der Waals surface area contributed by atoms with E-state index in [0.717, 1.165) is 0 Å². The van der Waals surface area contributed by atoms with Crippen LogP contribution in [-0.2, 0) is 9.31 Å². The first-order valence-corrected chi connectivity index (χ1v) is 3.85. The van der Waals surface area contributed by atoms with Crippen LogP contribution in [0.4, 0.5) is 0 Å². The van der Waals surface area contributed by atoms with Crippen LogP contribution in [0.25, 0.3) is 0 Å². The summed E-state index contributed by atoms with van der Waals surface area (Å²) in [6.07, 6.45) is 0. The minimum atomic E-state index is -0.188. The van der Waals surface area contributed by atoms with Crippen LogP contribution in [0.2, 0.25) is 0 Å². The van der Waals surface area contributed by atoms with Gasteiger partial charge in [0.15, 0.2) is 0 Å². The quantitative estimate of drug-likeness (QED) is 0.516. The molecule has 67 valence electrons. The summed E-state index contributed by atoms with van der Waals surface area (Å²) in [4.78, 5) is 0. The highest BCUT2D eigenvalue weighted by Gasteiger charge is 2.44. The molecule has 1 radical (unpaired) electrons. The lowest BCUT2D eigenvalue weighted by Gasteiger charge is -2.32. The van der Waals surface area contributed by atoms with Crippen LogP contribution >= 0.6 is 0 Å².